The summed E-state index contributed by atoms with van der Waals surface area (Å²) >= 11 is 0. The third kappa shape index (κ3) is 5.51. The van der Waals surface area contributed by atoms with E-state index in [1.807, 2.05) is 20.8 Å². The van der Waals surface area contributed by atoms with Crippen LogP contribution in [0.1, 0.15) is 44.0 Å². The summed E-state index contributed by atoms with van der Waals surface area (Å²) in [5.74, 6) is -1.31. The molecule has 1 aliphatic rings. The first-order valence-electron chi connectivity index (χ1n) is 9.22. The normalized spacial score (nSPS) is 19.7. The van der Waals surface area contributed by atoms with Crippen molar-refractivity contribution < 1.29 is 22.4 Å². The van der Waals surface area contributed by atoms with Crippen LogP contribution in [0.5, 0.6) is 0 Å². The highest BCUT2D eigenvalue weighted by Gasteiger charge is 2.37. The van der Waals surface area contributed by atoms with Gasteiger partial charge in [-0.15, -0.1) is 0 Å². The molecule has 27 heavy (non-hydrogen) atoms. The maximum absolute atomic E-state index is 13.2. The predicted molar refractivity (Wildman–Crippen MR) is 102 cm³/mol. The van der Waals surface area contributed by atoms with E-state index in [2.05, 4.69) is 5.32 Å². The second-order valence-corrected chi connectivity index (χ2v) is 9.52. The van der Waals surface area contributed by atoms with Crippen molar-refractivity contribution >= 4 is 21.7 Å². The smallest absolute Gasteiger partial charge is 0.251 e. The summed E-state index contributed by atoms with van der Waals surface area (Å²) in [7, 11) is -3.13. The van der Waals surface area contributed by atoms with Gasteiger partial charge in [-0.05, 0) is 43.0 Å². The Labute approximate surface area is 160 Å². The molecule has 1 saturated heterocycles. The standard InChI is InChI=1S/C19H27FN2O4S/c1-4-10-22(16-9-11-27(25,26)12-16)19(24)17(13(2)3)21-18(23)14-5-7-15(20)8-6-14/h5-8,13,16-17H,4,9-12H2,1-3H3,(H,21,23)/t16-,17+/m0/s1. The Kier molecular flexibility index (Phi) is 6.97. The molecule has 1 aromatic carbocycles. The first-order chi connectivity index (χ1) is 12.6. The molecular formula is C19H27FN2O4S. The fourth-order valence-corrected chi connectivity index (χ4v) is 4.98. The molecule has 0 aromatic heterocycles. The highest BCUT2D eigenvalue weighted by atomic mass is 32.2. The van der Waals surface area contributed by atoms with Gasteiger partial charge in [-0.3, -0.25) is 9.59 Å². The zero-order chi connectivity index (χ0) is 20.2. The molecule has 1 aromatic rings. The van der Waals surface area contributed by atoms with Crippen LogP contribution in [0.2, 0.25) is 0 Å². The van der Waals surface area contributed by atoms with Crippen LogP contribution < -0.4 is 5.32 Å². The van der Waals surface area contributed by atoms with Gasteiger partial charge in [-0.2, -0.15) is 0 Å². The SMILES string of the molecule is CCCN(C(=O)[C@H](NC(=O)c1ccc(F)cc1)C(C)C)[C@H]1CCS(=O)(=O)C1. The van der Waals surface area contributed by atoms with Gasteiger partial charge >= 0.3 is 0 Å². The number of hydrogen-bond acceptors (Lipinski definition) is 4. The van der Waals surface area contributed by atoms with Crippen LogP contribution in [0.25, 0.3) is 0 Å². The summed E-state index contributed by atoms with van der Waals surface area (Å²) in [6.07, 6.45) is 1.11. The van der Waals surface area contributed by atoms with Gasteiger partial charge in [0, 0.05) is 18.2 Å². The summed E-state index contributed by atoms with van der Waals surface area (Å²) in [5.41, 5.74) is 0.264. The first kappa shape index (κ1) is 21.3. The summed E-state index contributed by atoms with van der Waals surface area (Å²) in [4.78, 5) is 27.2. The molecule has 2 atom stereocenters. The molecule has 1 N–H and O–H groups in total. The summed E-state index contributed by atoms with van der Waals surface area (Å²) in [5, 5.41) is 2.73. The molecule has 150 valence electrons. The highest BCUT2D eigenvalue weighted by Crippen LogP contribution is 2.20. The molecule has 6 nitrogen and oxygen atoms in total. The molecule has 0 saturated carbocycles. The van der Waals surface area contributed by atoms with Crippen molar-refractivity contribution in [2.75, 3.05) is 18.1 Å². The lowest BCUT2D eigenvalue weighted by atomic mass is 10.0. The fraction of sp³-hybridized carbons (Fsp3) is 0.579. The van der Waals surface area contributed by atoms with Gasteiger partial charge in [0.05, 0.1) is 11.5 Å². The van der Waals surface area contributed by atoms with Gasteiger partial charge in [0.1, 0.15) is 11.9 Å². The van der Waals surface area contributed by atoms with Crippen LogP contribution in [-0.2, 0) is 14.6 Å². The van der Waals surface area contributed by atoms with Crippen molar-refractivity contribution in [3.05, 3.63) is 35.6 Å². The van der Waals surface area contributed by atoms with Crippen LogP contribution in [0.3, 0.4) is 0 Å². The molecule has 8 heteroatoms. The number of sulfone groups is 1. The van der Waals surface area contributed by atoms with Crippen molar-refractivity contribution in [1.29, 1.82) is 0 Å². The fourth-order valence-electron chi connectivity index (χ4n) is 3.25. The molecule has 2 rings (SSSR count). The van der Waals surface area contributed by atoms with Crippen molar-refractivity contribution in [3.63, 3.8) is 0 Å². The van der Waals surface area contributed by atoms with Crippen LogP contribution in [0, 0.1) is 11.7 Å². The zero-order valence-corrected chi connectivity index (χ0v) is 16.8. The van der Waals surface area contributed by atoms with Gasteiger partial charge in [-0.25, -0.2) is 12.8 Å². The Bertz CT molecular complexity index is 777. The van der Waals surface area contributed by atoms with Gasteiger partial charge in [0.25, 0.3) is 5.91 Å². The molecule has 0 radical (unpaired) electrons. The number of benzene rings is 1. The van der Waals surface area contributed by atoms with E-state index in [-0.39, 0.29) is 34.9 Å². The number of halogens is 1. The van der Waals surface area contributed by atoms with E-state index >= 15 is 0 Å². The minimum absolute atomic E-state index is 0.0323. The number of carbonyl (C=O) groups excluding carboxylic acids is 2. The average molecular weight is 399 g/mol. The molecule has 1 heterocycles. The number of carbonyl (C=O) groups is 2. The third-order valence-corrected chi connectivity index (χ3v) is 6.47. The quantitative estimate of drug-likeness (QED) is 0.762. The lowest BCUT2D eigenvalue weighted by Gasteiger charge is -2.33. The number of nitrogens with zero attached hydrogens (tertiary/aromatic N) is 1. The second kappa shape index (κ2) is 8.82. The van der Waals surface area contributed by atoms with Gasteiger partial charge < -0.3 is 10.2 Å². The van der Waals surface area contributed by atoms with Crippen LogP contribution in [0.4, 0.5) is 4.39 Å². The van der Waals surface area contributed by atoms with E-state index in [9.17, 15) is 22.4 Å². The highest BCUT2D eigenvalue weighted by molar-refractivity contribution is 7.91. The summed E-state index contributed by atoms with van der Waals surface area (Å²) in [6, 6.07) is 3.96. The maximum Gasteiger partial charge on any atom is 0.251 e. The molecule has 2 amide bonds. The third-order valence-electron chi connectivity index (χ3n) is 4.72. The molecular weight excluding hydrogens is 371 g/mol. The van der Waals surface area contributed by atoms with E-state index < -0.39 is 27.6 Å². The van der Waals surface area contributed by atoms with Crippen LogP contribution in [0.15, 0.2) is 24.3 Å². The molecule has 0 spiro atoms. The maximum atomic E-state index is 13.2. The van der Waals surface area contributed by atoms with Crippen molar-refractivity contribution in [2.45, 2.75) is 45.7 Å². The van der Waals surface area contributed by atoms with Gasteiger partial charge in [-0.1, -0.05) is 20.8 Å². The predicted octanol–water partition coefficient (Wildman–Crippen LogP) is 2.01. The lowest BCUT2D eigenvalue weighted by molar-refractivity contribution is -0.136. The Morgan fingerprint density at radius 2 is 1.89 bits per heavy atom. The van der Waals surface area contributed by atoms with Crippen LogP contribution >= 0.6 is 0 Å². The van der Waals surface area contributed by atoms with Gasteiger partial charge in [0.15, 0.2) is 9.84 Å². The van der Waals surface area contributed by atoms with Crippen molar-refractivity contribution in [3.8, 4) is 0 Å². The molecule has 1 fully saturated rings. The minimum atomic E-state index is -3.13. The van der Waals surface area contributed by atoms with Crippen LogP contribution in [-0.4, -0.2) is 55.3 Å². The lowest BCUT2D eigenvalue weighted by Crippen LogP contribution is -2.54. The number of hydrogen-bond donors (Lipinski definition) is 1. The zero-order valence-electron chi connectivity index (χ0n) is 15.9. The number of rotatable bonds is 7. The first-order valence-corrected chi connectivity index (χ1v) is 11.0. The molecule has 0 bridgehead atoms. The van der Waals surface area contributed by atoms with E-state index in [0.29, 0.717) is 19.4 Å². The Morgan fingerprint density at radius 1 is 1.26 bits per heavy atom. The van der Waals surface area contributed by atoms with E-state index in [1.54, 1.807) is 4.90 Å². The largest absolute Gasteiger partial charge is 0.340 e. The molecule has 0 unspecified atom stereocenters. The summed E-state index contributed by atoms with van der Waals surface area (Å²) < 4.78 is 36.7. The van der Waals surface area contributed by atoms with Crippen molar-refractivity contribution in [2.24, 2.45) is 5.92 Å². The Balaban J connectivity index is 2.18. The number of amides is 2. The number of nitrogens with one attached hydrogen (secondary N) is 1. The average Bonchev–Trinajstić information content (AvgIpc) is 2.96. The van der Waals surface area contributed by atoms with Crippen molar-refractivity contribution in [1.82, 2.24) is 10.2 Å². The van der Waals surface area contributed by atoms with E-state index in [0.717, 1.165) is 0 Å². The summed E-state index contributed by atoms with van der Waals surface area (Å²) in [6.45, 7) is 6.01. The monoisotopic (exact) mass is 398 g/mol. The Morgan fingerprint density at radius 3 is 2.37 bits per heavy atom. The van der Waals surface area contributed by atoms with E-state index in [1.165, 1.54) is 24.3 Å². The Hall–Kier alpha value is -1.96. The van der Waals surface area contributed by atoms with Gasteiger partial charge in [0.2, 0.25) is 5.91 Å². The topological polar surface area (TPSA) is 83.6 Å². The van der Waals surface area contributed by atoms with E-state index in [4.69, 9.17) is 0 Å². The molecule has 0 aliphatic carbocycles. The minimum Gasteiger partial charge on any atom is -0.340 e. The second-order valence-electron chi connectivity index (χ2n) is 7.29. The molecule has 1 aliphatic heterocycles.